The molecule has 1 N–H and O–H groups in total. The summed E-state index contributed by atoms with van der Waals surface area (Å²) in [4.78, 5) is 13.8. The van der Waals surface area contributed by atoms with Gasteiger partial charge in [0.05, 0.1) is 13.4 Å². The zero-order valence-electron chi connectivity index (χ0n) is 14.8. The number of rotatable bonds is 5. The lowest BCUT2D eigenvalue weighted by molar-refractivity contribution is -0.0298. The third-order valence-corrected chi connectivity index (χ3v) is 4.93. The Labute approximate surface area is 156 Å². The first-order chi connectivity index (χ1) is 12.8. The van der Waals surface area contributed by atoms with E-state index in [9.17, 15) is 0 Å². The third-order valence-electron chi connectivity index (χ3n) is 4.38. The molecule has 2 aromatic heterocycles. The topological polar surface area (TPSA) is 74.1 Å². The minimum absolute atomic E-state index is 0.0111. The molecule has 7 nitrogen and oxygen atoms in total. The van der Waals surface area contributed by atoms with Crippen molar-refractivity contribution in [1.29, 1.82) is 0 Å². The molecule has 136 valence electrons. The maximum atomic E-state index is 5.91. The summed E-state index contributed by atoms with van der Waals surface area (Å²) in [7, 11) is 1.65. The van der Waals surface area contributed by atoms with Crippen molar-refractivity contribution >= 4 is 34.4 Å². The van der Waals surface area contributed by atoms with Crippen molar-refractivity contribution < 1.29 is 9.47 Å². The van der Waals surface area contributed by atoms with Gasteiger partial charge in [0.1, 0.15) is 12.0 Å². The summed E-state index contributed by atoms with van der Waals surface area (Å²) in [6.07, 6.45) is 6.99. The SMILES string of the molecule is COc1cccc(Nc2nc(SC)nc3c2ncn3C2CCCCO2)c1. The summed E-state index contributed by atoms with van der Waals surface area (Å²) >= 11 is 1.51. The second-order valence-electron chi connectivity index (χ2n) is 6.06. The van der Waals surface area contributed by atoms with E-state index in [1.807, 2.05) is 35.1 Å². The quantitative estimate of drug-likeness (QED) is 0.537. The number of imidazole rings is 1. The number of methoxy groups -OCH3 is 1. The molecule has 0 radical (unpaired) electrons. The van der Waals surface area contributed by atoms with Crippen molar-refractivity contribution in [3.63, 3.8) is 0 Å². The van der Waals surface area contributed by atoms with E-state index in [0.29, 0.717) is 11.0 Å². The molecule has 1 unspecified atom stereocenters. The van der Waals surface area contributed by atoms with Crippen LogP contribution < -0.4 is 10.1 Å². The summed E-state index contributed by atoms with van der Waals surface area (Å²) in [6.45, 7) is 0.778. The molecule has 4 rings (SSSR count). The van der Waals surface area contributed by atoms with E-state index >= 15 is 0 Å². The van der Waals surface area contributed by atoms with Gasteiger partial charge in [-0.05, 0) is 37.7 Å². The fourth-order valence-corrected chi connectivity index (χ4v) is 3.43. The highest BCUT2D eigenvalue weighted by atomic mass is 32.2. The van der Waals surface area contributed by atoms with Gasteiger partial charge in [0, 0.05) is 18.4 Å². The van der Waals surface area contributed by atoms with Crippen LogP contribution >= 0.6 is 11.8 Å². The summed E-state index contributed by atoms with van der Waals surface area (Å²) in [6, 6.07) is 7.73. The molecule has 1 aromatic carbocycles. The van der Waals surface area contributed by atoms with Crippen LogP contribution in [0.4, 0.5) is 11.5 Å². The van der Waals surface area contributed by atoms with Crippen molar-refractivity contribution in [2.75, 3.05) is 25.3 Å². The number of fused-ring (bicyclic) bond motifs is 1. The first kappa shape index (κ1) is 17.1. The molecule has 1 aliphatic heterocycles. The normalized spacial score (nSPS) is 17.4. The van der Waals surface area contributed by atoms with Crippen LogP contribution in [0.25, 0.3) is 11.2 Å². The van der Waals surface area contributed by atoms with E-state index in [1.54, 1.807) is 13.4 Å². The number of nitrogens with one attached hydrogen (secondary N) is 1. The molecule has 1 aliphatic rings. The average Bonchev–Trinajstić information content (AvgIpc) is 3.13. The Bertz CT molecular complexity index is 908. The van der Waals surface area contributed by atoms with E-state index in [4.69, 9.17) is 9.47 Å². The summed E-state index contributed by atoms with van der Waals surface area (Å²) in [5.41, 5.74) is 2.42. The lowest BCUT2D eigenvalue weighted by atomic mass is 10.2. The van der Waals surface area contributed by atoms with Crippen molar-refractivity contribution in [2.24, 2.45) is 0 Å². The second-order valence-corrected chi connectivity index (χ2v) is 6.83. The Kier molecular flexibility index (Phi) is 4.94. The minimum Gasteiger partial charge on any atom is -0.497 e. The number of anilines is 2. The molecule has 1 fully saturated rings. The summed E-state index contributed by atoms with van der Waals surface area (Å²) in [5, 5.41) is 4.05. The monoisotopic (exact) mass is 371 g/mol. The molecular weight excluding hydrogens is 350 g/mol. The highest BCUT2D eigenvalue weighted by molar-refractivity contribution is 7.98. The average molecular weight is 371 g/mol. The summed E-state index contributed by atoms with van der Waals surface area (Å²) in [5.74, 6) is 1.47. The van der Waals surface area contributed by atoms with Gasteiger partial charge in [0.15, 0.2) is 22.1 Å². The zero-order valence-corrected chi connectivity index (χ0v) is 15.6. The highest BCUT2D eigenvalue weighted by Crippen LogP contribution is 2.30. The number of thioether (sulfide) groups is 1. The molecule has 1 saturated heterocycles. The first-order valence-electron chi connectivity index (χ1n) is 8.59. The fraction of sp³-hybridized carbons (Fsp3) is 0.389. The number of ether oxygens (including phenoxy) is 2. The number of nitrogens with zero attached hydrogens (tertiary/aromatic N) is 4. The van der Waals surface area contributed by atoms with E-state index in [0.717, 1.165) is 48.5 Å². The maximum absolute atomic E-state index is 5.91. The van der Waals surface area contributed by atoms with Gasteiger partial charge in [-0.15, -0.1) is 0 Å². The van der Waals surface area contributed by atoms with Gasteiger partial charge in [0.25, 0.3) is 0 Å². The Morgan fingerprint density at radius 2 is 2.23 bits per heavy atom. The molecule has 3 heterocycles. The van der Waals surface area contributed by atoms with E-state index < -0.39 is 0 Å². The van der Waals surface area contributed by atoms with Gasteiger partial charge < -0.3 is 14.8 Å². The van der Waals surface area contributed by atoms with Gasteiger partial charge in [-0.3, -0.25) is 4.57 Å². The molecule has 3 aromatic rings. The van der Waals surface area contributed by atoms with Crippen LogP contribution in [-0.4, -0.2) is 39.5 Å². The van der Waals surface area contributed by atoms with Crippen LogP contribution in [0.15, 0.2) is 35.7 Å². The molecule has 0 aliphatic carbocycles. The molecule has 0 amide bonds. The van der Waals surface area contributed by atoms with Crippen LogP contribution in [0.2, 0.25) is 0 Å². The largest absolute Gasteiger partial charge is 0.497 e. The highest BCUT2D eigenvalue weighted by Gasteiger charge is 2.21. The Morgan fingerprint density at radius 1 is 1.31 bits per heavy atom. The van der Waals surface area contributed by atoms with E-state index in [2.05, 4.69) is 20.3 Å². The molecule has 0 saturated carbocycles. The third kappa shape index (κ3) is 3.34. The molecule has 8 heteroatoms. The van der Waals surface area contributed by atoms with Crippen LogP contribution in [0, 0.1) is 0 Å². The number of benzene rings is 1. The standard InChI is InChI=1S/C18H21N5O2S/c1-24-13-7-5-6-12(10-13)20-16-15-17(22-18(21-16)26-2)23(11-19-15)14-8-3-4-9-25-14/h5-7,10-11,14H,3-4,8-9H2,1-2H3,(H,20,21,22). The van der Waals surface area contributed by atoms with Gasteiger partial charge >= 0.3 is 0 Å². The Hall–Kier alpha value is -2.32. The second kappa shape index (κ2) is 7.51. The maximum Gasteiger partial charge on any atom is 0.191 e. The van der Waals surface area contributed by atoms with Crippen molar-refractivity contribution in [3.8, 4) is 5.75 Å². The number of aromatic nitrogens is 4. The molecular formula is C18H21N5O2S. The smallest absolute Gasteiger partial charge is 0.191 e. The lowest BCUT2D eigenvalue weighted by Crippen LogP contribution is -2.17. The predicted molar refractivity (Wildman–Crippen MR) is 102 cm³/mol. The molecule has 0 spiro atoms. The van der Waals surface area contributed by atoms with Gasteiger partial charge in [-0.2, -0.15) is 0 Å². The van der Waals surface area contributed by atoms with Crippen LogP contribution in [-0.2, 0) is 4.74 Å². The fourth-order valence-electron chi connectivity index (χ4n) is 3.07. The van der Waals surface area contributed by atoms with E-state index in [-0.39, 0.29) is 6.23 Å². The minimum atomic E-state index is -0.0111. The van der Waals surface area contributed by atoms with Crippen LogP contribution in [0.1, 0.15) is 25.5 Å². The predicted octanol–water partition coefficient (Wildman–Crippen LogP) is 4.00. The lowest BCUT2D eigenvalue weighted by Gasteiger charge is -2.23. The molecule has 1 atom stereocenters. The van der Waals surface area contributed by atoms with Gasteiger partial charge in [0.2, 0.25) is 0 Å². The van der Waals surface area contributed by atoms with Crippen molar-refractivity contribution in [1.82, 2.24) is 19.5 Å². The number of hydrogen-bond acceptors (Lipinski definition) is 7. The zero-order chi connectivity index (χ0) is 17.9. The van der Waals surface area contributed by atoms with Gasteiger partial charge in [-0.1, -0.05) is 17.8 Å². The molecule has 0 bridgehead atoms. The number of hydrogen-bond donors (Lipinski definition) is 1. The van der Waals surface area contributed by atoms with Crippen molar-refractivity contribution in [3.05, 3.63) is 30.6 Å². The Balaban J connectivity index is 1.75. The van der Waals surface area contributed by atoms with Crippen LogP contribution in [0.3, 0.4) is 0 Å². The van der Waals surface area contributed by atoms with Crippen LogP contribution in [0.5, 0.6) is 5.75 Å². The first-order valence-corrected chi connectivity index (χ1v) is 9.82. The molecule has 26 heavy (non-hydrogen) atoms. The summed E-state index contributed by atoms with van der Waals surface area (Å²) < 4.78 is 13.2. The van der Waals surface area contributed by atoms with Crippen molar-refractivity contribution in [2.45, 2.75) is 30.6 Å². The van der Waals surface area contributed by atoms with E-state index in [1.165, 1.54) is 11.8 Å². The van der Waals surface area contributed by atoms with Gasteiger partial charge in [-0.25, -0.2) is 15.0 Å². The Morgan fingerprint density at radius 3 is 3.00 bits per heavy atom.